The van der Waals surface area contributed by atoms with Gasteiger partial charge in [0, 0.05) is 0 Å². The maximum absolute atomic E-state index is 5.67. The summed E-state index contributed by atoms with van der Waals surface area (Å²) in [5, 5.41) is 0. The van der Waals surface area contributed by atoms with Crippen molar-refractivity contribution in [3.63, 3.8) is 0 Å². The number of quaternary nitrogens is 1. The maximum Gasteiger partial charge on any atom is 0.137 e. The Morgan fingerprint density at radius 1 is 1.19 bits per heavy atom. The highest BCUT2D eigenvalue weighted by Crippen LogP contribution is 2.12. The summed E-state index contributed by atoms with van der Waals surface area (Å²) >= 11 is 0. The summed E-state index contributed by atoms with van der Waals surface area (Å²) in [6.07, 6.45) is 2.83. The first-order valence-corrected chi connectivity index (χ1v) is 5.64. The predicted molar refractivity (Wildman–Crippen MR) is 68.7 cm³/mol. The van der Waals surface area contributed by atoms with Gasteiger partial charge in [-0.25, -0.2) is 0 Å². The van der Waals surface area contributed by atoms with Crippen molar-refractivity contribution in [1.82, 2.24) is 0 Å². The standard InChI is InChI=1S/C14H22NO/c1-5-6-13-7-9-14(10-8-13)16-12-11-15(2,3)4/h5,7-10H,1,6,11-12H2,2-4H3/q+1. The number of nitrogens with zero attached hydrogens (tertiary/aromatic N) is 1. The average Bonchev–Trinajstić information content (AvgIpc) is 2.19. The minimum absolute atomic E-state index is 0.754. The second kappa shape index (κ2) is 5.71. The van der Waals surface area contributed by atoms with Crippen LogP contribution in [0.25, 0.3) is 0 Å². The number of rotatable bonds is 6. The Bertz CT molecular complexity index is 322. The van der Waals surface area contributed by atoms with Crippen molar-refractivity contribution < 1.29 is 9.22 Å². The van der Waals surface area contributed by atoms with E-state index >= 15 is 0 Å². The molecule has 0 fully saturated rings. The van der Waals surface area contributed by atoms with E-state index in [0.29, 0.717) is 0 Å². The number of benzene rings is 1. The molecule has 0 atom stereocenters. The van der Waals surface area contributed by atoms with E-state index in [0.717, 1.165) is 29.8 Å². The molecule has 0 heterocycles. The van der Waals surface area contributed by atoms with Crippen LogP contribution in [0.4, 0.5) is 0 Å². The largest absolute Gasteiger partial charge is 0.488 e. The van der Waals surface area contributed by atoms with Crippen LogP contribution in [0.15, 0.2) is 36.9 Å². The fraction of sp³-hybridized carbons (Fsp3) is 0.429. The molecule has 0 spiro atoms. The van der Waals surface area contributed by atoms with E-state index < -0.39 is 0 Å². The summed E-state index contributed by atoms with van der Waals surface area (Å²) in [4.78, 5) is 0. The molecule has 0 N–H and O–H groups in total. The van der Waals surface area contributed by atoms with Crippen molar-refractivity contribution in [2.45, 2.75) is 6.42 Å². The summed E-state index contributed by atoms with van der Waals surface area (Å²) in [5.74, 6) is 0.946. The fourth-order valence-corrected chi connectivity index (χ4v) is 1.33. The first-order chi connectivity index (χ1) is 7.51. The molecular formula is C14H22NO+. The highest BCUT2D eigenvalue weighted by atomic mass is 16.5. The molecular weight excluding hydrogens is 198 g/mol. The van der Waals surface area contributed by atoms with Crippen LogP contribution in [0.3, 0.4) is 0 Å². The number of likely N-dealkylation sites (N-methyl/N-ethyl adjacent to an activating group) is 1. The number of hydrogen-bond donors (Lipinski definition) is 0. The molecule has 0 saturated carbocycles. The summed E-state index contributed by atoms with van der Waals surface area (Å²) in [6, 6.07) is 8.22. The quantitative estimate of drug-likeness (QED) is 0.529. The SMILES string of the molecule is C=CCc1ccc(OCC[N+](C)(C)C)cc1. The molecule has 0 aliphatic rings. The van der Waals surface area contributed by atoms with Gasteiger partial charge >= 0.3 is 0 Å². The molecule has 2 nitrogen and oxygen atoms in total. The van der Waals surface area contributed by atoms with Crippen LogP contribution < -0.4 is 4.74 Å². The molecule has 0 aliphatic carbocycles. The van der Waals surface area contributed by atoms with E-state index in [9.17, 15) is 0 Å². The van der Waals surface area contributed by atoms with E-state index in [1.54, 1.807) is 0 Å². The van der Waals surface area contributed by atoms with Crippen molar-refractivity contribution in [3.8, 4) is 5.75 Å². The van der Waals surface area contributed by atoms with Crippen molar-refractivity contribution in [2.24, 2.45) is 0 Å². The summed E-state index contributed by atoms with van der Waals surface area (Å²) in [6.45, 7) is 5.48. The van der Waals surface area contributed by atoms with Gasteiger partial charge in [-0.3, -0.25) is 0 Å². The lowest BCUT2D eigenvalue weighted by Crippen LogP contribution is -2.38. The zero-order valence-corrected chi connectivity index (χ0v) is 10.6. The Balaban J connectivity index is 2.40. The normalized spacial score (nSPS) is 11.2. The Morgan fingerprint density at radius 2 is 1.81 bits per heavy atom. The molecule has 1 aromatic rings. The van der Waals surface area contributed by atoms with Gasteiger partial charge in [-0.1, -0.05) is 18.2 Å². The van der Waals surface area contributed by atoms with Crippen LogP contribution in [0.1, 0.15) is 5.56 Å². The number of ether oxygens (including phenoxy) is 1. The molecule has 1 rings (SSSR count). The summed E-state index contributed by atoms with van der Waals surface area (Å²) in [7, 11) is 6.49. The molecule has 0 amide bonds. The zero-order chi connectivity index (χ0) is 12.0. The zero-order valence-electron chi connectivity index (χ0n) is 10.6. The fourth-order valence-electron chi connectivity index (χ4n) is 1.33. The van der Waals surface area contributed by atoms with Gasteiger partial charge in [-0.05, 0) is 24.1 Å². The second-order valence-corrected chi connectivity index (χ2v) is 5.00. The van der Waals surface area contributed by atoms with Crippen LogP contribution >= 0.6 is 0 Å². The third kappa shape index (κ3) is 4.99. The van der Waals surface area contributed by atoms with Crippen molar-refractivity contribution in [2.75, 3.05) is 34.3 Å². The molecule has 0 radical (unpaired) electrons. The third-order valence-corrected chi connectivity index (χ3v) is 2.33. The van der Waals surface area contributed by atoms with Crippen LogP contribution in [-0.2, 0) is 6.42 Å². The maximum atomic E-state index is 5.67. The number of hydrogen-bond acceptors (Lipinski definition) is 1. The number of allylic oxidation sites excluding steroid dienone is 1. The Hall–Kier alpha value is -1.28. The molecule has 0 aromatic heterocycles. The summed E-state index contributed by atoms with van der Waals surface area (Å²) < 4.78 is 6.60. The van der Waals surface area contributed by atoms with E-state index in [1.807, 2.05) is 18.2 Å². The Kier molecular flexibility index (Phi) is 4.56. The van der Waals surface area contributed by atoms with Gasteiger partial charge in [0.25, 0.3) is 0 Å². The smallest absolute Gasteiger partial charge is 0.137 e. The minimum Gasteiger partial charge on any atom is -0.488 e. The minimum atomic E-state index is 0.754. The molecule has 1 aromatic carbocycles. The van der Waals surface area contributed by atoms with Gasteiger partial charge in [0.15, 0.2) is 0 Å². The van der Waals surface area contributed by atoms with E-state index in [2.05, 4.69) is 39.9 Å². The Morgan fingerprint density at radius 3 is 2.31 bits per heavy atom. The van der Waals surface area contributed by atoms with Gasteiger partial charge in [-0.15, -0.1) is 6.58 Å². The summed E-state index contributed by atoms with van der Waals surface area (Å²) in [5.41, 5.74) is 1.27. The first kappa shape index (κ1) is 12.8. The van der Waals surface area contributed by atoms with Gasteiger partial charge in [0.05, 0.1) is 21.1 Å². The molecule has 2 heteroatoms. The monoisotopic (exact) mass is 220 g/mol. The molecule has 16 heavy (non-hydrogen) atoms. The predicted octanol–water partition coefficient (Wildman–Crippen LogP) is 2.50. The van der Waals surface area contributed by atoms with Crippen LogP contribution in [0.2, 0.25) is 0 Å². The van der Waals surface area contributed by atoms with Gasteiger partial charge in [0.2, 0.25) is 0 Å². The van der Waals surface area contributed by atoms with Gasteiger partial charge in [-0.2, -0.15) is 0 Å². The molecule has 0 unspecified atom stereocenters. The highest BCUT2D eigenvalue weighted by molar-refractivity contribution is 5.28. The van der Waals surface area contributed by atoms with Crippen molar-refractivity contribution >= 4 is 0 Å². The average molecular weight is 220 g/mol. The van der Waals surface area contributed by atoms with Crippen LogP contribution in [0.5, 0.6) is 5.75 Å². The molecule has 0 aliphatic heterocycles. The van der Waals surface area contributed by atoms with E-state index in [-0.39, 0.29) is 0 Å². The lowest BCUT2D eigenvalue weighted by Gasteiger charge is -2.23. The molecule has 0 bridgehead atoms. The van der Waals surface area contributed by atoms with Crippen molar-refractivity contribution in [1.29, 1.82) is 0 Å². The van der Waals surface area contributed by atoms with Gasteiger partial charge < -0.3 is 9.22 Å². The Labute approximate surface area is 98.7 Å². The highest BCUT2D eigenvalue weighted by Gasteiger charge is 2.06. The first-order valence-electron chi connectivity index (χ1n) is 5.64. The van der Waals surface area contributed by atoms with E-state index in [4.69, 9.17) is 4.74 Å². The van der Waals surface area contributed by atoms with Gasteiger partial charge in [0.1, 0.15) is 18.9 Å². The second-order valence-electron chi connectivity index (χ2n) is 5.00. The van der Waals surface area contributed by atoms with Crippen molar-refractivity contribution in [3.05, 3.63) is 42.5 Å². The molecule has 88 valence electrons. The lowest BCUT2D eigenvalue weighted by molar-refractivity contribution is -0.870. The van der Waals surface area contributed by atoms with Crippen LogP contribution in [0, 0.1) is 0 Å². The lowest BCUT2D eigenvalue weighted by atomic mass is 10.1. The topological polar surface area (TPSA) is 9.23 Å². The van der Waals surface area contributed by atoms with E-state index in [1.165, 1.54) is 5.56 Å². The van der Waals surface area contributed by atoms with Crippen LogP contribution in [-0.4, -0.2) is 38.8 Å². The third-order valence-electron chi connectivity index (χ3n) is 2.33. The molecule has 0 saturated heterocycles.